The predicted molar refractivity (Wildman–Crippen MR) is 63.3 cm³/mol. The van der Waals surface area contributed by atoms with Crippen molar-refractivity contribution in [2.45, 2.75) is 5.92 Å². The van der Waals surface area contributed by atoms with Gasteiger partial charge in [-0.2, -0.15) is 0 Å². The lowest BCUT2D eigenvalue weighted by atomic mass is 9.98. The molecule has 5 heteroatoms. The van der Waals surface area contributed by atoms with Gasteiger partial charge in [0.2, 0.25) is 0 Å². The van der Waals surface area contributed by atoms with Gasteiger partial charge in [0.1, 0.15) is 11.8 Å². The van der Waals surface area contributed by atoms with Gasteiger partial charge in [-0.05, 0) is 22.0 Å². The highest BCUT2D eigenvalue weighted by Crippen LogP contribution is 2.31. The Balaban J connectivity index is 2.63. The number of rotatable bonds is 3. The molecule has 0 bridgehead atoms. The number of carboxylic acids is 1. The van der Waals surface area contributed by atoms with Crippen LogP contribution in [0.2, 0.25) is 0 Å². The fourth-order valence-corrected chi connectivity index (χ4v) is 2.09. The first-order valence-corrected chi connectivity index (χ1v) is 5.53. The smallest absolute Gasteiger partial charge is 0.312 e. The molecule has 0 fully saturated rings. The first-order chi connectivity index (χ1) is 7.65. The van der Waals surface area contributed by atoms with E-state index in [1.54, 1.807) is 18.4 Å². The Morgan fingerprint density at radius 1 is 1.56 bits per heavy atom. The summed E-state index contributed by atoms with van der Waals surface area (Å²) in [7, 11) is 0. The highest BCUT2D eigenvalue weighted by Gasteiger charge is 2.22. The van der Waals surface area contributed by atoms with E-state index in [9.17, 15) is 4.79 Å². The molecule has 1 aromatic carbocycles. The van der Waals surface area contributed by atoms with Crippen LogP contribution in [-0.4, -0.2) is 17.6 Å². The van der Waals surface area contributed by atoms with Crippen LogP contribution in [0.5, 0.6) is 0 Å². The van der Waals surface area contributed by atoms with E-state index in [0.29, 0.717) is 11.1 Å². The Kier molecular flexibility index (Phi) is 2.98. The van der Waals surface area contributed by atoms with Gasteiger partial charge in [0.15, 0.2) is 0 Å². The maximum atomic E-state index is 11.0. The fourth-order valence-electron chi connectivity index (χ4n) is 1.68. The molecule has 2 rings (SSSR count). The predicted octanol–water partition coefficient (Wildman–Crippen LogP) is 2.32. The van der Waals surface area contributed by atoms with Crippen molar-refractivity contribution in [2.75, 3.05) is 6.54 Å². The first-order valence-electron chi connectivity index (χ1n) is 4.73. The van der Waals surface area contributed by atoms with Gasteiger partial charge in [0.05, 0.1) is 10.4 Å². The summed E-state index contributed by atoms with van der Waals surface area (Å²) in [5, 5.41) is 9.92. The molecule has 3 N–H and O–H groups in total. The second kappa shape index (κ2) is 4.27. The molecule has 1 atom stereocenters. The molecule has 4 nitrogen and oxygen atoms in total. The molecule has 84 valence electrons. The second-order valence-electron chi connectivity index (χ2n) is 3.43. The number of hydrogen-bond acceptors (Lipinski definition) is 3. The highest BCUT2D eigenvalue weighted by atomic mass is 79.9. The van der Waals surface area contributed by atoms with E-state index < -0.39 is 11.9 Å². The van der Waals surface area contributed by atoms with Gasteiger partial charge in [-0.1, -0.05) is 12.1 Å². The molecule has 2 aromatic rings. The number of hydrogen-bond donors (Lipinski definition) is 2. The third-order valence-corrected chi connectivity index (χ3v) is 3.11. The topological polar surface area (TPSA) is 76.5 Å². The third-order valence-electron chi connectivity index (χ3n) is 2.49. The van der Waals surface area contributed by atoms with E-state index in [-0.39, 0.29) is 6.54 Å². The largest absolute Gasteiger partial charge is 0.481 e. The molecule has 1 unspecified atom stereocenters. The van der Waals surface area contributed by atoms with E-state index >= 15 is 0 Å². The van der Waals surface area contributed by atoms with Crippen LogP contribution < -0.4 is 5.73 Å². The molecular formula is C11H10BrNO3. The molecule has 0 radical (unpaired) electrons. The van der Waals surface area contributed by atoms with Gasteiger partial charge in [0, 0.05) is 17.5 Å². The van der Waals surface area contributed by atoms with Crippen molar-refractivity contribution in [1.29, 1.82) is 0 Å². The van der Waals surface area contributed by atoms with Crippen LogP contribution in [-0.2, 0) is 4.79 Å². The van der Waals surface area contributed by atoms with E-state index in [1.807, 2.05) is 6.07 Å². The number of halogens is 1. The zero-order valence-electron chi connectivity index (χ0n) is 8.31. The van der Waals surface area contributed by atoms with Crippen LogP contribution in [0.3, 0.4) is 0 Å². The molecule has 0 amide bonds. The summed E-state index contributed by atoms with van der Waals surface area (Å²) in [5.74, 6) is -1.68. The Morgan fingerprint density at radius 2 is 2.31 bits per heavy atom. The van der Waals surface area contributed by atoms with Crippen LogP contribution >= 0.6 is 15.9 Å². The van der Waals surface area contributed by atoms with Crippen LogP contribution in [0.4, 0.5) is 0 Å². The lowest BCUT2D eigenvalue weighted by Crippen LogP contribution is -2.21. The number of carbonyl (C=O) groups is 1. The van der Waals surface area contributed by atoms with Crippen molar-refractivity contribution in [3.63, 3.8) is 0 Å². The maximum absolute atomic E-state index is 11.0. The summed E-state index contributed by atoms with van der Waals surface area (Å²) in [6.45, 7) is 0.0484. The summed E-state index contributed by atoms with van der Waals surface area (Å²) in [4.78, 5) is 11.0. The van der Waals surface area contributed by atoms with Gasteiger partial charge >= 0.3 is 5.97 Å². The summed E-state index contributed by atoms with van der Waals surface area (Å²) < 4.78 is 6.16. The second-order valence-corrected chi connectivity index (χ2v) is 4.29. The molecule has 0 aliphatic heterocycles. The van der Waals surface area contributed by atoms with Crippen molar-refractivity contribution in [3.05, 3.63) is 34.5 Å². The highest BCUT2D eigenvalue weighted by molar-refractivity contribution is 9.10. The van der Waals surface area contributed by atoms with Crippen molar-refractivity contribution in [1.82, 2.24) is 0 Å². The average molecular weight is 284 g/mol. The van der Waals surface area contributed by atoms with Crippen LogP contribution in [0.1, 0.15) is 11.5 Å². The maximum Gasteiger partial charge on any atom is 0.312 e. The van der Waals surface area contributed by atoms with Gasteiger partial charge in [-0.3, -0.25) is 4.79 Å². The summed E-state index contributed by atoms with van der Waals surface area (Å²) >= 11 is 3.34. The Morgan fingerprint density at radius 3 is 2.94 bits per heavy atom. The van der Waals surface area contributed by atoms with Gasteiger partial charge in [-0.25, -0.2) is 0 Å². The van der Waals surface area contributed by atoms with E-state index in [0.717, 1.165) is 9.86 Å². The monoisotopic (exact) mass is 283 g/mol. The number of carboxylic acid groups (broad SMARTS) is 1. The normalized spacial score (nSPS) is 12.9. The third kappa shape index (κ3) is 1.72. The average Bonchev–Trinajstić information content (AvgIpc) is 2.62. The van der Waals surface area contributed by atoms with Gasteiger partial charge < -0.3 is 15.3 Å². The van der Waals surface area contributed by atoms with E-state index in [1.165, 1.54) is 0 Å². The van der Waals surface area contributed by atoms with Crippen molar-refractivity contribution in [2.24, 2.45) is 5.73 Å². The minimum atomic E-state index is -0.942. The lowest BCUT2D eigenvalue weighted by molar-refractivity contribution is -0.138. The first kappa shape index (κ1) is 11.2. The molecule has 16 heavy (non-hydrogen) atoms. The fraction of sp³-hybridized carbons (Fsp3) is 0.182. The Labute approximate surface area is 100 Å². The summed E-state index contributed by atoms with van der Waals surface area (Å²) in [6, 6.07) is 5.38. The standard InChI is InChI=1S/C11H10BrNO3/c12-9-5-16-10-6(2-1-3-7(9)10)8(4-13)11(14)15/h1-3,5,8H,4,13H2,(H,14,15). The van der Waals surface area contributed by atoms with Crippen LogP contribution in [0, 0.1) is 0 Å². The number of nitrogens with two attached hydrogens (primary N) is 1. The molecular weight excluding hydrogens is 274 g/mol. The zero-order valence-corrected chi connectivity index (χ0v) is 9.90. The molecule has 0 saturated carbocycles. The summed E-state index contributed by atoms with van der Waals surface area (Å²) in [5.41, 5.74) is 6.65. The number of benzene rings is 1. The molecule has 0 spiro atoms. The van der Waals surface area contributed by atoms with Crippen molar-refractivity contribution < 1.29 is 14.3 Å². The van der Waals surface area contributed by atoms with E-state index in [2.05, 4.69) is 15.9 Å². The van der Waals surface area contributed by atoms with Crippen molar-refractivity contribution >= 4 is 32.9 Å². The molecule has 1 heterocycles. The zero-order chi connectivity index (χ0) is 11.7. The van der Waals surface area contributed by atoms with Crippen LogP contribution in [0.15, 0.2) is 33.4 Å². The number of furan rings is 1. The van der Waals surface area contributed by atoms with Gasteiger partial charge in [0.25, 0.3) is 0 Å². The number of fused-ring (bicyclic) bond motifs is 1. The lowest BCUT2D eigenvalue weighted by Gasteiger charge is -2.09. The Hall–Kier alpha value is -1.33. The quantitative estimate of drug-likeness (QED) is 0.906. The molecule has 1 aromatic heterocycles. The van der Waals surface area contributed by atoms with Crippen LogP contribution in [0.25, 0.3) is 11.0 Å². The Bertz CT molecular complexity index is 535. The minimum absolute atomic E-state index is 0.0484. The van der Waals surface area contributed by atoms with Gasteiger partial charge in [-0.15, -0.1) is 0 Å². The number of aliphatic carboxylic acids is 1. The number of para-hydroxylation sites is 1. The molecule has 0 aliphatic carbocycles. The minimum Gasteiger partial charge on any atom is -0.481 e. The molecule has 0 aliphatic rings. The SMILES string of the molecule is NCC(C(=O)O)c1cccc2c(Br)coc12. The molecule has 0 saturated heterocycles. The van der Waals surface area contributed by atoms with Crippen molar-refractivity contribution in [3.8, 4) is 0 Å². The van der Waals surface area contributed by atoms with E-state index in [4.69, 9.17) is 15.3 Å². The summed E-state index contributed by atoms with van der Waals surface area (Å²) in [6.07, 6.45) is 1.55.